The Balaban J connectivity index is 2.59. The highest BCUT2D eigenvalue weighted by Gasteiger charge is 2.12. The van der Waals surface area contributed by atoms with Gasteiger partial charge in [0.2, 0.25) is 0 Å². The topological polar surface area (TPSA) is 47.0 Å². The van der Waals surface area contributed by atoms with Gasteiger partial charge in [0.15, 0.2) is 16.7 Å². The lowest BCUT2D eigenvalue weighted by Crippen LogP contribution is -2.15. The van der Waals surface area contributed by atoms with Crippen LogP contribution in [0, 0.1) is 5.92 Å². The van der Waals surface area contributed by atoms with Crippen LogP contribution in [0.3, 0.4) is 0 Å². The molecular weight excluding hydrogens is 250 g/mol. The van der Waals surface area contributed by atoms with Crippen LogP contribution in [0.1, 0.15) is 39.5 Å². The number of aromatic nitrogens is 2. The van der Waals surface area contributed by atoms with Gasteiger partial charge in [0.05, 0.1) is 7.11 Å². The molecule has 0 bridgehead atoms. The van der Waals surface area contributed by atoms with Crippen LogP contribution in [0.5, 0.6) is 5.75 Å². The third-order valence-electron chi connectivity index (χ3n) is 3.07. The van der Waals surface area contributed by atoms with Crippen LogP contribution in [0.4, 0.5) is 5.82 Å². The Morgan fingerprint density at radius 2 is 2.17 bits per heavy atom. The molecule has 0 aliphatic carbocycles. The maximum absolute atomic E-state index is 5.95. The first-order valence-corrected chi connectivity index (χ1v) is 6.89. The van der Waals surface area contributed by atoms with E-state index in [0.717, 1.165) is 13.0 Å². The van der Waals surface area contributed by atoms with Crippen molar-refractivity contribution in [2.75, 3.05) is 19.0 Å². The van der Waals surface area contributed by atoms with Crippen molar-refractivity contribution in [3.05, 3.63) is 11.5 Å². The SMILES string of the molecule is CCCCC(CC)CNc1ncnc(Cl)c1OC. The molecule has 1 unspecified atom stereocenters. The second-order valence-electron chi connectivity index (χ2n) is 4.34. The van der Waals surface area contributed by atoms with E-state index in [-0.39, 0.29) is 0 Å². The first-order valence-electron chi connectivity index (χ1n) is 6.51. The fourth-order valence-electron chi connectivity index (χ4n) is 1.84. The van der Waals surface area contributed by atoms with Crippen LogP contribution in [0.2, 0.25) is 5.15 Å². The summed E-state index contributed by atoms with van der Waals surface area (Å²) in [6.45, 7) is 5.32. The largest absolute Gasteiger partial charge is 0.490 e. The fourth-order valence-corrected chi connectivity index (χ4v) is 2.05. The van der Waals surface area contributed by atoms with Gasteiger partial charge < -0.3 is 10.1 Å². The number of methoxy groups -OCH3 is 1. The predicted octanol–water partition coefficient (Wildman–Crippen LogP) is 3.77. The molecule has 1 aromatic heterocycles. The van der Waals surface area contributed by atoms with Gasteiger partial charge in [0.1, 0.15) is 6.33 Å². The molecule has 0 amide bonds. The predicted molar refractivity (Wildman–Crippen MR) is 75.4 cm³/mol. The second-order valence-corrected chi connectivity index (χ2v) is 4.70. The molecule has 0 aliphatic rings. The maximum Gasteiger partial charge on any atom is 0.198 e. The summed E-state index contributed by atoms with van der Waals surface area (Å²) in [6, 6.07) is 0. The number of hydrogen-bond donors (Lipinski definition) is 1. The van der Waals surface area contributed by atoms with E-state index in [1.165, 1.54) is 25.6 Å². The fraction of sp³-hybridized carbons (Fsp3) is 0.692. The van der Waals surface area contributed by atoms with Gasteiger partial charge in [0, 0.05) is 6.54 Å². The Kier molecular flexibility index (Phi) is 6.80. The third kappa shape index (κ3) is 4.33. The third-order valence-corrected chi connectivity index (χ3v) is 3.34. The molecule has 18 heavy (non-hydrogen) atoms. The molecular formula is C13H22ClN3O. The zero-order valence-corrected chi connectivity index (χ0v) is 12.1. The van der Waals surface area contributed by atoms with Gasteiger partial charge in [-0.15, -0.1) is 0 Å². The van der Waals surface area contributed by atoms with Crippen molar-refractivity contribution >= 4 is 17.4 Å². The highest BCUT2D eigenvalue weighted by atomic mass is 35.5. The Bertz CT molecular complexity index is 360. The zero-order chi connectivity index (χ0) is 13.4. The molecule has 0 spiro atoms. The molecule has 4 nitrogen and oxygen atoms in total. The van der Waals surface area contributed by atoms with E-state index in [0.29, 0.717) is 22.6 Å². The van der Waals surface area contributed by atoms with Crippen LogP contribution >= 0.6 is 11.6 Å². The summed E-state index contributed by atoms with van der Waals surface area (Å²) in [7, 11) is 1.57. The van der Waals surface area contributed by atoms with Crippen LogP contribution in [0.25, 0.3) is 0 Å². The van der Waals surface area contributed by atoms with E-state index in [1.54, 1.807) is 7.11 Å². The molecule has 0 aliphatic heterocycles. The van der Waals surface area contributed by atoms with Gasteiger partial charge >= 0.3 is 0 Å². The molecule has 0 saturated carbocycles. The lowest BCUT2D eigenvalue weighted by atomic mass is 9.99. The van der Waals surface area contributed by atoms with E-state index in [9.17, 15) is 0 Å². The molecule has 0 radical (unpaired) electrons. The highest BCUT2D eigenvalue weighted by molar-refractivity contribution is 6.31. The van der Waals surface area contributed by atoms with Crippen molar-refractivity contribution in [3.8, 4) is 5.75 Å². The van der Waals surface area contributed by atoms with Gasteiger partial charge in [-0.05, 0) is 12.3 Å². The lowest BCUT2D eigenvalue weighted by Gasteiger charge is -2.17. The molecule has 1 atom stereocenters. The van der Waals surface area contributed by atoms with Crippen LogP contribution in [0.15, 0.2) is 6.33 Å². The molecule has 1 heterocycles. The van der Waals surface area contributed by atoms with Crippen molar-refractivity contribution in [3.63, 3.8) is 0 Å². The first-order chi connectivity index (χ1) is 8.72. The Morgan fingerprint density at radius 3 is 2.78 bits per heavy atom. The molecule has 1 rings (SSSR count). The molecule has 0 fully saturated rings. The minimum atomic E-state index is 0.344. The highest BCUT2D eigenvalue weighted by Crippen LogP contribution is 2.28. The second kappa shape index (κ2) is 8.14. The number of anilines is 1. The molecule has 1 N–H and O–H groups in total. The summed E-state index contributed by atoms with van der Waals surface area (Å²) in [6.07, 6.45) is 6.34. The maximum atomic E-state index is 5.95. The van der Waals surface area contributed by atoms with E-state index in [2.05, 4.69) is 29.1 Å². The van der Waals surface area contributed by atoms with Gasteiger partial charge in [-0.3, -0.25) is 0 Å². The smallest absolute Gasteiger partial charge is 0.198 e. The number of hydrogen-bond acceptors (Lipinski definition) is 4. The van der Waals surface area contributed by atoms with Crippen molar-refractivity contribution in [2.24, 2.45) is 5.92 Å². The zero-order valence-electron chi connectivity index (χ0n) is 11.4. The van der Waals surface area contributed by atoms with Gasteiger partial charge in [-0.25, -0.2) is 9.97 Å². The molecule has 5 heteroatoms. The Morgan fingerprint density at radius 1 is 1.39 bits per heavy atom. The van der Waals surface area contributed by atoms with E-state index < -0.39 is 0 Å². The summed E-state index contributed by atoms with van der Waals surface area (Å²) in [4.78, 5) is 8.06. The van der Waals surface area contributed by atoms with Crippen LogP contribution < -0.4 is 10.1 Å². The monoisotopic (exact) mass is 271 g/mol. The van der Waals surface area contributed by atoms with Crippen molar-refractivity contribution in [1.82, 2.24) is 9.97 Å². The number of rotatable bonds is 8. The number of halogens is 1. The normalized spacial score (nSPS) is 12.2. The minimum Gasteiger partial charge on any atom is -0.490 e. The van der Waals surface area contributed by atoms with Gasteiger partial charge in [-0.1, -0.05) is 44.7 Å². The van der Waals surface area contributed by atoms with Crippen molar-refractivity contribution in [1.29, 1.82) is 0 Å². The first kappa shape index (κ1) is 15.0. The standard InChI is InChI=1S/C13H22ClN3O/c1-4-6-7-10(5-2)8-15-13-11(18-3)12(14)16-9-17-13/h9-10H,4-8H2,1-3H3,(H,15,16,17). The average molecular weight is 272 g/mol. The van der Waals surface area contributed by atoms with Crippen LogP contribution in [-0.2, 0) is 0 Å². The molecule has 0 saturated heterocycles. The summed E-state index contributed by atoms with van der Waals surface area (Å²) in [5.74, 6) is 1.85. The summed E-state index contributed by atoms with van der Waals surface area (Å²) in [5.41, 5.74) is 0. The number of nitrogens with one attached hydrogen (secondary N) is 1. The number of unbranched alkanes of at least 4 members (excludes halogenated alkanes) is 1. The minimum absolute atomic E-state index is 0.344. The number of nitrogens with zero attached hydrogens (tertiary/aromatic N) is 2. The quantitative estimate of drug-likeness (QED) is 0.731. The van der Waals surface area contributed by atoms with E-state index in [4.69, 9.17) is 16.3 Å². The van der Waals surface area contributed by atoms with Crippen molar-refractivity contribution in [2.45, 2.75) is 39.5 Å². The average Bonchev–Trinajstić information content (AvgIpc) is 2.39. The summed E-state index contributed by atoms with van der Waals surface area (Å²) < 4.78 is 5.20. The summed E-state index contributed by atoms with van der Waals surface area (Å²) in [5, 5.41) is 3.65. The summed E-state index contributed by atoms with van der Waals surface area (Å²) >= 11 is 5.95. The van der Waals surface area contributed by atoms with E-state index in [1.807, 2.05) is 0 Å². The molecule has 102 valence electrons. The van der Waals surface area contributed by atoms with Gasteiger partial charge in [0.25, 0.3) is 0 Å². The van der Waals surface area contributed by atoms with E-state index >= 15 is 0 Å². The Hall–Kier alpha value is -1.03. The Labute approximate surface area is 114 Å². The van der Waals surface area contributed by atoms with Crippen LogP contribution in [-0.4, -0.2) is 23.6 Å². The van der Waals surface area contributed by atoms with Gasteiger partial charge in [-0.2, -0.15) is 0 Å². The lowest BCUT2D eigenvalue weighted by molar-refractivity contribution is 0.411. The van der Waals surface area contributed by atoms with Crippen molar-refractivity contribution < 1.29 is 4.74 Å². The molecule has 0 aromatic carbocycles. The molecule has 1 aromatic rings. The number of ether oxygens (including phenoxy) is 1.